The van der Waals surface area contributed by atoms with Crippen LogP contribution in [-0.2, 0) is 11.2 Å². The van der Waals surface area contributed by atoms with Crippen molar-refractivity contribution in [2.24, 2.45) is 0 Å². The first kappa shape index (κ1) is 15.7. The van der Waals surface area contributed by atoms with E-state index in [1.807, 2.05) is 30.5 Å². The van der Waals surface area contributed by atoms with Crippen molar-refractivity contribution in [1.82, 2.24) is 5.32 Å². The quantitative estimate of drug-likeness (QED) is 0.883. The molecule has 2 N–H and O–H groups in total. The van der Waals surface area contributed by atoms with Crippen molar-refractivity contribution in [3.63, 3.8) is 0 Å². The molecule has 0 fully saturated rings. The average molecular weight is 328 g/mol. The number of amides is 2. The molecule has 0 unspecified atom stereocenters. The Morgan fingerprint density at radius 2 is 2.17 bits per heavy atom. The molecule has 2 heterocycles. The number of hydrogen-bond acceptors (Lipinski definition) is 3. The largest absolute Gasteiger partial charge is 0.351 e. The highest BCUT2D eigenvalue weighted by molar-refractivity contribution is 7.12. The van der Waals surface area contributed by atoms with Gasteiger partial charge in [-0.2, -0.15) is 0 Å². The lowest BCUT2D eigenvalue weighted by molar-refractivity contribution is -0.117. The zero-order chi connectivity index (χ0) is 16.4. The average Bonchev–Trinajstić information content (AvgIpc) is 3.10. The molecule has 0 radical (unpaired) electrons. The molecule has 1 aliphatic heterocycles. The highest BCUT2D eigenvalue weighted by Crippen LogP contribution is 2.35. The Balaban J connectivity index is 1.64. The number of aryl methyl sites for hydroxylation is 2. The summed E-state index contributed by atoms with van der Waals surface area (Å²) in [5.74, 6) is -0.213. The summed E-state index contributed by atoms with van der Waals surface area (Å²) in [6, 6.07) is 8.05. The minimum absolute atomic E-state index is 0.0230. The second-order valence-electron chi connectivity index (χ2n) is 5.79. The molecule has 3 rings (SSSR count). The Labute approximate surface area is 139 Å². The SMILES string of the molecule is CCc1ccc2c(c1)[C@@H](CCNC(=O)c1sccc1C)C(=O)N2. The van der Waals surface area contributed by atoms with Gasteiger partial charge in [-0.1, -0.05) is 19.1 Å². The zero-order valence-electron chi connectivity index (χ0n) is 13.3. The van der Waals surface area contributed by atoms with Crippen molar-refractivity contribution < 1.29 is 9.59 Å². The first-order chi connectivity index (χ1) is 11.1. The van der Waals surface area contributed by atoms with Crippen LogP contribution >= 0.6 is 11.3 Å². The third-order valence-corrected chi connectivity index (χ3v) is 5.28. The van der Waals surface area contributed by atoms with Crippen LogP contribution in [0.1, 0.15) is 45.6 Å². The van der Waals surface area contributed by atoms with Crippen molar-refractivity contribution in [3.05, 3.63) is 51.2 Å². The lowest BCUT2D eigenvalue weighted by Gasteiger charge is -2.10. The maximum absolute atomic E-state index is 12.2. The van der Waals surface area contributed by atoms with Crippen molar-refractivity contribution in [2.45, 2.75) is 32.6 Å². The number of fused-ring (bicyclic) bond motifs is 1. The van der Waals surface area contributed by atoms with E-state index < -0.39 is 0 Å². The van der Waals surface area contributed by atoms with Gasteiger partial charge in [0.15, 0.2) is 0 Å². The van der Waals surface area contributed by atoms with Gasteiger partial charge in [0.1, 0.15) is 0 Å². The molecule has 23 heavy (non-hydrogen) atoms. The third-order valence-electron chi connectivity index (χ3n) is 4.26. The van der Waals surface area contributed by atoms with Gasteiger partial charge in [0.25, 0.3) is 5.91 Å². The lowest BCUT2D eigenvalue weighted by atomic mass is 9.95. The molecule has 2 aromatic rings. The van der Waals surface area contributed by atoms with E-state index in [9.17, 15) is 9.59 Å². The summed E-state index contributed by atoms with van der Waals surface area (Å²) in [5, 5.41) is 7.76. The van der Waals surface area contributed by atoms with Gasteiger partial charge in [-0.3, -0.25) is 9.59 Å². The van der Waals surface area contributed by atoms with Gasteiger partial charge >= 0.3 is 0 Å². The maximum atomic E-state index is 12.2. The Morgan fingerprint density at radius 3 is 2.87 bits per heavy atom. The number of anilines is 1. The molecule has 1 aromatic carbocycles. The second-order valence-corrected chi connectivity index (χ2v) is 6.71. The van der Waals surface area contributed by atoms with Gasteiger partial charge in [0.2, 0.25) is 5.91 Å². The van der Waals surface area contributed by atoms with Crippen molar-refractivity contribution >= 4 is 28.8 Å². The highest BCUT2D eigenvalue weighted by Gasteiger charge is 2.30. The van der Waals surface area contributed by atoms with E-state index in [1.165, 1.54) is 16.9 Å². The molecule has 2 amide bonds. The van der Waals surface area contributed by atoms with Crippen LogP contribution in [0.3, 0.4) is 0 Å². The molecule has 1 aromatic heterocycles. The highest BCUT2D eigenvalue weighted by atomic mass is 32.1. The molecule has 4 nitrogen and oxygen atoms in total. The van der Waals surface area contributed by atoms with E-state index in [2.05, 4.69) is 23.6 Å². The number of rotatable bonds is 5. The summed E-state index contributed by atoms with van der Waals surface area (Å²) >= 11 is 1.44. The summed E-state index contributed by atoms with van der Waals surface area (Å²) < 4.78 is 0. The van der Waals surface area contributed by atoms with E-state index in [1.54, 1.807) is 0 Å². The number of carbonyl (C=O) groups excluding carboxylic acids is 2. The van der Waals surface area contributed by atoms with Gasteiger partial charge in [0, 0.05) is 12.2 Å². The summed E-state index contributed by atoms with van der Waals surface area (Å²) in [6.45, 7) is 4.52. The van der Waals surface area contributed by atoms with Gasteiger partial charge in [-0.25, -0.2) is 0 Å². The molecule has 0 spiro atoms. The van der Waals surface area contributed by atoms with E-state index >= 15 is 0 Å². The molecule has 5 heteroatoms. The monoisotopic (exact) mass is 328 g/mol. The van der Waals surface area contributed by atoms with E-state index in [0.29, 0.717) is 13.0 Å². The minimum atomic E-state index is -0.179. The predicted octanol–water partition coefficient (Wildman–Crippen LogP) is 3.47. The number of thiophene rings is 1. The Bertz CT molecular complexity index is 751. The van der Waals surface area contributed by atoms with Crippen LogP contribution in [0.4, 0.5) is 5.69 Å². The molecule has 0 bridgehead atoms. The summed E-state index contributed by atoms with van der Waals surface area (Å²) in [5.41, 5.74) is 4.17. The Morgan fingerprint density at radius 1 is 1.35 bits per heavy atom. The molecular formula is C18H20N2O2S. The summed E-state index contributed by atoms with van der Waals surface area (Å²) in [4.78, 5) is 25.0. The lowest BCUT2D eigenvalue weighted by Crippen LogP contribution is -2.26. The van der Waals surface area contributed by atoms with E-state index in [4.69, 9.17) is 0 Å². The number of benzene rings is 1. The fourth-order valence-electron chi connectivity index (χ4n) is 2.90. The third kappa shape index (κ3) is 3.15. The van der Waals surface area contributed by atoms with Gasteiger partial charge in [0.05, 0.1) is 10.8 Å². The number of carbonyl (C=O) groups is 2. The van der Waals surface area contributed by atoms with Crippen LogP contribution in [0.2, 0.25) is 0 Å². The molecule has 120 valence electrons. The summed E-state index contributed by atoms with van der Waals surface area (Å²) in [6.07, 6.45) is 1.56. The summed E-state index contributed by atoms with van der Waals surface area (Å²) in [7, 11) is 0. The predicted molar refractivity (Wildman–Crippen MR) is 93.2 cm³/mol. The first-order valence-corrected chi connectivity index (χ1v) is 8.74. The fraction of sp³-hybridized carbons (Fsp3) is 0.333. The van der Waals surface area contributed by atoms with Crippen LogP contribution in [0.25, 0.3) is 0 Å². The van der Waals surface area contributed by atoms with Crippen LogP contribution in [-0.4, -0.2) is 18.4 Å². The second kappa shape index (κ2) is 6.54. The fourth-order valence-corrected chi connectivity index (χ4v) is 3.74. The van der Waals surface area contributed by atoms with Crippen molar-refractivity contribution in [2.75, 3.05) is 11.9 Å². The maximum Gasteiger partial charge on any atom is 0.261 e. The molecule has 0 saturated heterocycles. The molecule has 1 aliphatic rings. The topological polar surface area (TPSA) is 58.2 Å². The van der Waals surface area contributed by atoms with E-state index in [0.717, 1.165) is 28.1 Å². The van der Waals surface area contributed by atoms with E-state index in [-0.39, 0.29) is 17.7 Å². The smallest absolute Gasteiger partial charge is 0.261 e. The van der Waals surface area contributed by atoms with Crippen molar-refractivity contribution in [1.29, 1.82) is 0 Å². The molecule has 0 aliphatic carbocycles. The van der Waals surface area contributed by atoms with Crippen LogP contribution < -0.4 is 10.6 Å². The molecule has 0 saturated carbocycles. The van der Waals surface area contributed by atoms with Crippen LogP contribution in [0.5, 0.6) is 0 Å². The van der Waals surface area contributed by atoms with Gasteiger partial charge in [-0.05, 0) is 54.0 Å². The van der Waals surface area contributed by atoms with Crippen LogP contribution in [0.15, 0.2) is 29.6 Å². The normalized spacial score (nSPS) is 16.1. The standard InChI is InChI=1S/C18H20N2O2S/c1-3-12-4-5-15-14(10-12)13(17(21)20-15)6-8-19-18(22)16-11(2)7-9-23-16/h4-5,7,9-10,13H,3,6,8H2,1-2H3,(H,19,22)(H,20,21)/t13-/m1/s1. The Kier molecular flexibility index (Phi) is 4.48. The molecule has 1 atom stereocenters. The van der Waals surface area contributed by atoms with Gasteiger partial charge < -0.3 is 10.6 Å². The molecular weight excluding hydrogens is 308 g/mol. The Hall–Kier alpha value is -2.14. The minimum Gasteiger partial charge on any atom is -0.351 e. The van der Waals surface area contributed by atoms with Crippen LogP contribution in [0, 0.1) is 6.92 Å². The number of hydrogen-bond donors (Lipinski definition) is 2. The number of nitrogens with one attached hydrogen (secondary N) is 2. The first-order valence-electron chi connectivity index (χ1n) is 7.86. The van der Waals surface area contributed by atoms with Crippen molar-refractivity contribution in [3.8, 4) is 0 Å². The van der Waals surface area contributed by atoms with Gasteiger partial charge in [-0.15, -0.1) is 11.3 Å². The zero-order valence-corrected chi connectivity index (χ0v) is 14.1.